The normalized spacial score (nSPS) is 22.4. The summed E-state index contributed by atoms with van der Waals surface area (Å²) in [5.74, 6) is -0.0191. The van der Waals surface area contributed by atoms with E-state index in [-0.39, 0.29) is 23.7 Å². The van der Waals surface area contributed by atoms with Crippen LogP contribution in [0.4, 0.5) is 11.4 Å². The number of nitrogens with one attached hydrogen (secondary N) is 3. The molecule has 2 atom stereocenters. The van der Waals surface area contributed by atoms with E-state index in [1.807, 2.05) is 37.6 Å². The number of aromatic nitrogens is 2. The van der Waals surface area contributed by atoms with E-state index in [1.165, 1.54) is 0 Å². The number of nitrogens with zero attached hydrogens (tertiary/aromatic N) is 2. The molecule has 0 radical (unpaired) electrons. The molecule has 130 valence electrons. The summed E-state index contributed by atoms with van der Waals surface area (Å²) in [5, 5.41) is 13.4. The molecule has 3 N–H and O–H groups in total. The largest absolute Gasteiger partial charge is 0.326 e. The van der Waals surface area contributed by atoms with Crippen LogP contribution < -0.4 is 16.0 Å². The highest BCUT2D eigenvalue weighted by Crippen LogP contribution is 2.30. The molecular formula is C18H21N5O2. The molecule has 0 unspecified atom stereocenters. The van der Waals surface area contributed by atoms with Crippen LogP contribution in [0.5, 0.6) is 0 Å². The lowest BCUT2D eigenvalue weighted by Gasteiger charge is -2.20. The zero-order valence-electron chi connectivity index (χ0n) is 14.1. The molecule has 2 aliphatic rings. The van der Waals surface area contributed by atoms with Crippen LogP contribution in [0.1, 0.15) is 23.5 Å². The standard InChI is InChI=1S/C18H21N5O2/c1-23-10-12(7-20-23)14-8-19-9-15(14)18(25)21-13-4-2-11-3-5-17(24)22-16(11)6-13/h2,4,6-7,10,14-15,19H,3,5,8-9H2,1H3,(H,21,25)(H,22,24)/t14-,15+/m1/s1. The second kappa shape index (κ2) is 6.33. The van der Waals surface area contributed by atoms with Crippen molar-refractivity contribution in [2.45, 2.75) is 18.8 Å². The number of aryl methyl sites for hydroxylation is 2. The second-order valence-corrected chi connectivity index (χ2v) is 6.73. The topological polar surface area (TPSA) is 88.0 Å². The number of anilines is 2. The molecule has 2 aliphatic heterocycles. The zero-order chi connectivity index (χ0) is 17.4. The van der Waals surface area contributed by atoms with Gasteiger partial charge in [0, 0.05) is 50.0 Å². The molecule has 4 rings (SSSR count). The van der Waals surface area contributed by atoms with Crippen molar-refractivity contribution in [2.75, 3.05) is 23.7 Å². The SMILES string of the molecule is Cn1cc([C@H]2CNC[C@@H]2C(=O)Nc2ccc3c(c2)NC(=O)CC3)cn1. The molecule has 2 amide bonds. The number of carbonyl (C=O) groups is 2. The van der Waals surface area contributed by atoms with Crippen LogP contribution in [0.25, 0.3) is 0 Å². The molecule has 1 aromatic heterocycles. The molecule has 0 saturated carbocycles. The van der Waals surface area contributed by atoms with E-state index in [0.717, 1.165) is 29.8 Å². The fourth-order valence-electron chi connectivity index (χ4n) is 3.62. The van der Waals surface area contributed by atoms with Crippen molar-refractivity contribution < 1.29 is 9.59 Å². The summed E-state index contributed by atoms with van der Waals surface area (Å²) >= 11 is 0. The van der Waals surface area contributed by atoms with Crippen molar-refractivity contribution in [1.29, 1.82) is 0 Å². The van der Waals surface area contributed by atoms with Crippen molar-refractivity contribution in [3.05, 3.63) is 41.7 Å². The Morgan fingerprint density at radius 1 is 1.32 bits per heavy atom. The van der Waals surface area contributed by atoms with Gasteiger partial charge in [-0.1, -0.05) is 6.07 Å². The van der Waals surface area contributed by atoms with Gasteiger partial charge in [0.05, 0.1) is 12.1 Å². The molecule has 1 fully saturated rings. The molecular weight excluding hydrogens is 318 g/mol. The van der Waals surface area contributed by atoms with Gasteiger partial charge in [-0.2, -0.15) is 5.10 Å². The molecule has 1 saturated heterocycles. The van der Waals surface area contributed by atoms with E-state index >= 15 is 0 Å². The van der Waals surface area contributed by atoms with Gasteiger partial charge in [-0.15, -0.1) is 0 Å². The molecule has 25 heavy (non-hydrogen) atoms. The van der Waals surface area contributed by atoms with Crippen LogP contribution in [0.2, 0.25) is 0 Å². The van der Waals surface area contributed by atoms with Gasteiger partial charge >= 0.3 is 0 Å². The first-order chi connectivity index (χ1) is 12.1. The van der Waals surface area contributed by atoms with Crippen molar-refractivity contribution in [2.24, 2.45) is 13.0 Å². The molecule has 7 heteroatoms. The van der Waals surface area contributed by atoms with Gasteiger partial charge in [-0.3, -0.25) is 14.3 Å². The predicted molar refractivity (Wildman–Crippen MR) is 94.3 cm³/mol. The van der Waals surface area contributed by atoms with Crippen molar-refractivity contribution in [1.82, 2.24) is 15.1 Å². The number of amides is 2. The first-order valence-corrected chi connectivity index (χ1v) is 8.53. The van der Waals surface area contributed by atoms with Gasteiger partial charge < -0.3 is 16.0 Å². The Bertz CT molecular complexity index is 829. The lowest BCUT2D eigenvalue weighted by atomic mass is 9.90. The van der Waals surface area contributed by atoms with Gasteiger partial charge in [-0.25, -0.2) is 0 Å². The highest BCUT2D eigenvalue weighted by atomic mass is 16.2. The minimum atomic E-state index is -0.144. The Labute approximate surface area is 145 Å². The Morgan fingerprint density at radius 2 is 2.20 bits per heavy atom. The number of fused-ring (bicyclic) bond motifs is 1. The average Bonchev–Trinajstić information content (AvgIpc) is 3.23. The van der Waals surface area contributed by atoms with Gasteiger partial charge in [0.2, 0.25) is 11.8 Å². The molecule has 0 aliphatic carbocycles. The van der Waals surface area contributed by atoms with Crippen LogP contribution in [0, 0.1) is 5.92 Å². The van der Waals surface area contributed by atoms with Gasteiger partial charge in [0.1, 0.15) is 0 Å². The van der Waals surface area contributed by atoms with Gasteiger partial charge in [-0.05, 0) is 29.7 Å². The summed E-state index contributed by atoms with van der Waals surface area (Å²) in [5.41, 5.74) is 3.68. The van der Waals surface area contributed by atoms with Crippen molar-refractivity contribution in [3.8, 4) is 0 Å². The number of carbonyl (C=O) groups excluding carboxylic acids is 2. The maximum Gasteiger partial charge on any atom is 0.229 e. The first-order valence-electron chi connectivity index (χ1n) is 8.53. The zero-order valence-corrected chi connectivity index (χ0v) is 14.1. The first kappa shape index (κ1) is 15.8. The van der Waals surface area contributed by atoms with Gasteiger partial charge in [0.25, 0.3) is 0 Å². The third-order valence-corrected chi connectivity index (χ3v) is 4.98. The Morgan fingerprint density at radius 3 is 3.00 bits per heavy atom. The fourth-order valence-corrected chi connectivity index (χ4v) is 3.62. The third kappa shape index (κ3) is 3.15. The number of hydrogen-bond acceptors (Lipinski definition) is 4. The van der Waals surface area contributed by atoms with Crippen molar-refractivity contribution >= 4 is 23.2 Å². The summed E-state index contributed by atoms with van der Waals surface area (Å²) in [6, 6.07) is 5.71. The molecule has 3 heterocycles. The number of rotatable bonds is 3. The summed E-state index contributed by atoms with van der Waals surface area (Å²) < 4.78 is 1.76. The molecule has 1 aromatic carbocycles. The van der Waals surface area contributed by atoms with Crippen LogP contribution >= 0.6 is 0 Å². The quantitative estimate of drug-likeness (QED) is 0.785. The summed E-state index contributed by atoms with van der Waals surface area (Å²) in [7, 11) is 1.88. The maximum atomic E-state index is 12.8. The van der Waals surface area contributed by atoms with Gasteiger partial charge in [0.15, 0.2) is 0 Å². The highest BCUT2D eigenvalue weighted by molar-refractivity contribution is 5.97. The van der Waals surface area contributed by atoms with E-state index in [4.69, 9.17) is 0 Å². The van der Waals surface area contributed by atoms with Crippen LogP contribution in [-0.4, -0.2) is 34.7 Å². The van der Waals surface area contributed by atoms with E-state index in [9.17, 15) is 9.59 Å². The molecule has 7 nitrogen and oxygen atoms in total. The van der Waals surface area contributed by atoms with E-state index in [1.54, 1.807) is 4.68 Å². The number of hydrogen-bond donors (Lipinski definition) is 3. The summed E-state index contributed by atoms with van der Waals surface area (Å²) in [6.07, 6.45) is 5.04. The van der Waals surface area contributed by atoms with E-state index in [2.05, 4.69) is 21.0 Å². The number of benzene rings is 1. The lowest BCUT2D eigenvalue weighted by Crippen LogP contribution is -2.28. The summed E-state index contributed by atoms with van der Waals surface area (Å²) in [4.78, 5) is 24.3. The Kier molecular flexibility index (Phi) is 4.01. The van der Waals surface area contributed by atoms with Crippen molar-refractivity contribution in [3.63, 3.8) is 0 Å². The molecule has 0 spiro atoms. The lowest BCUT2D eigenvalue weighted by molar-refractivity contribution is -0.119. The minimum absolute atomic E-state index is 0.0130. The van der Waals surface area contributed by atoms with E-state index < -0.39 is 0 Å². The monoisotopic (exact) mass is 339 g/mol. The van der Waals surface area contributed by atoms with E-state index in [0.29, 0.717) is 18.7 Å². The Balaban J connectivity index is 1.50. The predicted octanol–water partition coefficient (Wildman–Crippen LogP) is 1.25. The van der Waals surface area contributed by atoms with Crippen LogP contribution in [-0.2, 0) is 23.1 Å². The molecule has 2 aromatic rings. The molecule has 0 bridgehead atoms. The Hall–Kier alpha value is -2.67. The van der Waals surface area contributed by atoms with Crippen LogP contribution in [0.15, 0.2) is 30.6 Å². The highest BCUT2D eigenvalue weighted by Gasteiger charge is 2.34. The third-order valence-electron chi connectivity index (χ3n) is 4.98. The maximum absolute atomic E-state index is 12.8. The second-order valence-electron chi connectivity index (χ2n) is 6.73. The average molecular weight is 339 g/mol. The minimum Gasteiger partial charge on any atom is -0.326 e. The smallest absolute Gasteiger partial charge is 0.229 e. The van der Waals surface area contributed by atoms with Crippen LogP contribution in [0.3, 0.4) is 0 Å². The summed E-state index contributed by atoms with van der Waals surface area (Å²) in [6.45, 7) is 1.41. The fraction of sp³-hybridized carbons (Fsp3) is 0.389.